The number of esters is 3. The lowest BCUT2D eigenvalue weighted by atomic mass is 9.99. The molecule has 0 rings (SSSR count). The first kappa shape index (κ1) is 68.4. The van der Waals surface area contributed by atoms with Crippen molar-refractivity contribution in [2.45, 2.75) is 368 Å². The van der Waals surface area contributed by atoms with Gasteiger partial charge in [-0.3, -0.25) is 14.4 Å². The van der Waals surface area contributed by atoms with Crippen LogP contribution in [0.2, 0.25) is 0 Å². The van der Waals surface area contributed by atoms with E-state index in [1.165, 1.54) is 250 Å². The number of hydrogen-bond donors (Lipinski definition) is 0. The number of carbonyl (C=O) groups is 3. The molecule has 0 aromatic heterocycles. The molecule has 0 N–H and O–H groups in total. The van der Waals surface area contributed by atoms with Gasteiger partial charge in [0.1, 0.15) is 13.2 Å². The first-order valence-electron chi connectivity index (χ1n) is 31.8. The second-order valence-electron chi connectivity index (χ2n) is 22.5. The normalized spacial score (nSPS) is 12.8. The van der Waals surface area contributed by atoms with E-state index in [2.05, 4.69) is 34.6 Å². The second-order valence-corrected chi connectivity index (χ2v) is 22.5. The van der Waals surface area contributed by atoms with Crippen LogP contribution in [0.25, 0.3) is 0 Å². The van der Waals surface area contributed by atoms with Gasteiger partial charge in [-0.05, 0) is 31.1 Å². The molecule has 0 heterocycles. The van der Waals surface area contributed by atoms with Gasteiger partial charge in [0.2, 0.25) is 0 Å². The summed E-state index contributed by atoms with van der Waals surface area (Å²) in [6.07, 6.45) is 62.3. The van der Waals surface area contributed by atoms with Crippen LogP contribution in [-0.4, -0.2) is 37.2 Å². The number of ether oxygens (including phenoxy) is 3. The van der Waals surface area contributed by atoms with Gasteiger partial charge < -0.3 is 14.2 Å². The molecular weight excluding hydrogens is 865 g/mol. The van der Waals surface area contributed by atoms with Gasteiger partial charge in [-0.15, -0.1) is 0 Å². The van der Waals surface area contributed by atoms with Crippen molar-refractivity contribution >= 4 is 17.9 Å². The van der Waals surface area contributed by atoms with Crippen molar-refractivity contribution in [3.8, 4) is 0 Å². The van der Waals surface area contributed by atoms with Crippen LogP contribution in [0.1, 0.15) is 362 Å². The Morgan fingerprint density at radius 2 is 0.500 bits per heavy atom. The molecular formula is C64H124O6. The maximum absolute atomic E-state index is 12.9. The lowest BCUT2D eigenvalue weighted by molar-refractivity contribution is -0.167. The van der Waals surface area contributed by atoms with Crippen LogP contribution in [0.5, 0.6) is 0 Å². The van der Waals surface area contributed by atoms with Crippen molar-refractivity contribution in [3.63, 3.8) is 0 Å². The van der Waals surface area contributed by atoms with Gasteiger partial charge in [0.05, 0.1) is 0 Å². The molecule has 0 radical (unpaired) electrons. The van der Waals surface area contributed by atoms with Gasteiger partial charge in [0.15, 0.2) is 6.10 Å². The molecule has 0 aromatic rings. The van der Waals surface area contributed by atoms with E-state index >= 15 is 0 Å². The summed E-state index contributed by atoms with van der Waals surface area (Å²) >= 11 is 0. The van der Waals surface area contributed by atoms with Gasteiger partial charge in [-0.25, -0.2) is 0 Å². The minimum absolute atomic E-state index is 0.0620. The zero-order chi connectivity index (χ0) is 51.1. The topological polar surface area (TPSA) is 78.9 Å². The number of rotatable bonds is 58. The Morgan fingerprint density at radius 3 is 0.743 bits per heavy atom. The van der Waals surface area contributed by atoms with Gasteiger partial charge in [0, 0.05) is 19.3 Å². The zero-order valence-electron chi connectivity index (χ0n) is 48.2. The van der Waals surface area contributed by atoms with Crippen LogP contribution in [0.15, 0.2) is 0 Å². The molecule has 6 nitrogen and oxygen atoms in total. The number of unbranched alkanes of at least 4 members (excludes halogenated alkanes) is 41. The highest BCUT2D eigenvalue weighted by Gasteiger charge is 2.19. The van der Waals surface area contributed by atoms with Gasteiger partial charge in [-0.2, -0.15) is 0 Å². The average Bonchev–Trinajstić information content (AvgIpc) is 3.36. The Bertz CT molecular complexity index is 1080. The fourth-order valence-electron chi connectivity index (χ4n) is 9.87. The highest BCUT2D eigenvalue weighted by molar-refractivity contribution is 5.71. The van der Waals surface area contributed by atoms with Crippen LogP contribution < -0.4 is 0 Å². The summed E-state index contributed by atoms with van der Waals surface area (Å²) in [6.45, 7) is 11.5. The molecule has 6 heteroatoms. The minimum Gasteiger partial charge on any atom is -0.462 e. The van der Waals surface area contributed by atoms with Crippen molar-refractivity contribution in [3.05, 3.63) is 0 Å². The van der Waals surface area contributed by atoms with Crippen molar-refractivity contribution in [2.24, 2.45) is 11.8 Å². The molecule has 0 aliphatic rings. The second kappa shape index (κ2) is 56.7. The fraction of sp³-hybridized carbons (Fsp3) is 0.953. The third-order valence-electron chi connectivity index (χ3n) is 15.4. The van der Waals surface area contributed by atoms with Crippen molar-refractivity contribution in [1.29, 1.82) is 0 Å². The van der Waals surface area contributed by atoms with E-state index in [4.69, 9.17) is 14.2 Å². The molecule has 0 bridgehead atoms. The summed E-state index contributed by atoms with van der Waals surface area (Å²) in [6, 6.07) is 0. The summed E-state index contributed by atoms with van der Waals surface area (Å²) in [5.74, 6) is 0.972. The summed E-state index contributed by atoms with van der Waals surface area (Å²) in [5, 5.41) is 0. The molecule has 3 atom stereocenters. The van der Waals surface area contributed by atoms with E-state index in [0.29, 0.717) is 19.3 Å². The Hall–Kier alpha value is -1.59. The van der Waals surface area contributed by atoms with E-state index in [1.54, 1.807) is 0 Å². The molecule has 0 aliphatic carbocycles. The largest absolute Gasteiger partial charge is 0.462 e. The molecule has 0 saturated carbocycles. The maximum atomic E-state index is 12.9. The summed E-state index contributed by atoms with van der Waals surface area (Å²) < 4.78 is 16.9. The third kappa shape index (κ3) is 54.2. The van der Waals surface area contributed by atoms with Crippen molar-refractivity contribution in [1.82, 2.24) is 0 Å². The Kier molecular flexibility index (Phi) is 55.4. The predicted molar refractivity (Wildman–Crippen MR) is 303 cm³/mol. The molecule has 0 saturated heterocycles. The molecule has 0 aliphatic heterocycles. The van der Waals surface area contributed by atoms with E-state index < -0.39 is 6.10 Å². The Labute approximate surface area is 438 Å². The number of hydrogen-bond acceptors (Lipinski definition) is 6. The lowest BCUT2D eigenvalue weighted by Gasteiger charge is -2.18. The number of carbonyl (C=O) groups excluding carboxylic acids is 3. The molecule has 0 spiro atoms. The Balaban J connectivity index is 4.24. The monoisotopic (exact) mass is 989 g/mol. The van der Waals surface area contributed by atoms with Gasteiger partial charge in [-0.1, -0.05) is 324 Å². The van der Waals surface area contributed by atoms with Crippen LogP contribution in [0.3, 0.4) is 0 Å². The summed E-state index contributed by atoms with van der Waals surface area (Å²) in [4.78, 5) is 38.2. The van der Waals surface area contributed by atoms with Crippen LogP contribution >= 0.6 is 0 Å². The molecule has 70 heavy (non-hydrogen) atoms. The maximum Gasteiger partial charge on any atom is 0.306 e. The van der Waals surface area contributed by atoms with E-state index in [0.717, 1.165) is 69.6 Å². The highest BCUT2D eigenvalue weighted by atomic mass is 16.6. The quantitative estimate of drug-likeness (QED) is 0.0343. The molecule has 0 amide bonds. The zero-order valence-corrected chi connectivity index (χ0v) is 48.2. The first-order chi connectivity index (χ1) is 34.3. The van der Waals surface area contributed by atoms with Gasteiger partial charge >= 0.3 is 17.9 Å². The van der Waals surface area contributed by atoms with E-state index in [-0.39, 0.29) is 31.1 Å². The molecule has 416 valence electrons. The van der Waals surface area contributed by atoms with Crippen LogP contribution in [-0.2, 0) is 28.6 Å². The van der Waals surface area contributed by atoms with Crippen LogP contribution in [0.4, 0.5) is 0 Å². The minimum atomic E-state index is -0.763. The predicted octanol–water partition coefficient (Wildman–Crippen LogP) is 21.2. The average molecular weight is 990 g/mol. The van der Waals surface area contributed by atoms with Crippen LogP contribution in [0, 0.1) is 11.8 Å². The van der Waals surface area contributed by atoms with E-state index in [1.807, 2.05) is 0 Å². The molecule has 0 aromatic carbocycles. The molecule has 2 unspecified atom stereocenters. The standard InChI is InChI=1S/C64H124O6/c1-6-9-10-11-12-13-14-29-34-39-44-49-54-62(65)68-57-61(58-69-63(66)55-50-45-40-35-30-25-22-21-24-28-33-38-43-48-53-60(5)8-3)70-64(67)56-51-46-41-36-31-26-20-18-16-15-17-19-23-27-32-37-42-47-52-59(4)7-2/h59-61H,6-58H2,1-5H3/t59?,60?,61-/m0/s1. The van der Waals surface area contributed by atoms with Crippen molar-refractivity contribution < 1.29 is 28.6 Å². The Morgan fingerprint density at radius 1 is 0.286 bits per heavy atom. The highest BCUT2D eigenvalue weighted by Crippen LogP contribution is 2.20. The lowest BCUT2D eigenvalue weighted by Crippen LogP contribution is -2.30. The van der Waals surface area contributed by atoms with Crippen molar-refractivity contribution in [2.75, 3.05) is 13.2 Å². The summed E-state index contributed by atoms with van der Waals surface area (Å²) in [7, 11) is 0. The summed E-state index contributed by atoms with van der Waals surface area (Å²) in [5.41, 5.74) is 0. The first-order valence-corrected chi connectivity index (χ1v) is 31.8. The van der Waals surface area contributed by atoms with E-state index in [9.17, 15) is 14.4 Å². The smallest absolute Gasteiger partial charge is 0.306 e. The molecule has 0 fully saturated rings. The fourth-order valence-corrected chi connectivity index (χ4v) is 9.87. The SMILES string of the molecule is CCCCCCCCCCCCCCC(=O)OC[C@@H](COC(=O)CCCCCCCCCCCCCCCCC(C)CC)OC(=O)CCCCCCCCCCCCCCCCCCCCC(C)CC. The third-order valence-corrected chi connectivity index (χ3v) is 15.4. The van der Waals surface area contributed by atoms with Gasteiger partial charge in [0.25, 0.3) is 0 Å².